The van der Waals surface area contributed by atoms with E-state index in [2.05, 4.69) is 33.6 Å². The summed E-state index contributed by atoms with van der Waals surface area (Å²) in [5, 5.41) is 0.748. The molecule has 1 N–H and O–H groups in total. The highest BCUT2D eigenvalue weighted by Crippen LogP contribution is 2.46. The Bertz CT molecular complexity index is 975. The second-order valence-corrected chi connectivity index (χ2v) is 8.87. The lowest BCUT2D eigenvalue weighted by Crippen LogP contribution is -2.40. The van der Waals surface area contributed by atoms with Crippen LogP contribution in [0.4, 0.5) is 4.39 Å². The Morgan fingerprint density at radius 1 is 1.06 bits per heavy atom. The SMILES string of the molecule is C=C(N(CCc1ccc(Cl)cc1)Cc1ncc[nH]1)C1(c2ccc(F)cc2)CCCCC1. The molecular formula is C26H29ClFN3. The first-order valence-corrected chi connectivity index (χ1v) is 11.4. The third kappa shape index (κ3) is 5.01. The van der Waals surface area contributed by atoms with Crippen LogP contribution in [0.5, 0.6) is 0 Å². The zero-order chi connectivity index (χ0) is 21.7. The van der Waals surface area contributed by atoms with E-state index in [9.17, 15) is 4.39 Å². The van der Waals surface area contributed by atoms with Crippen molar-refractivity contribution in [3.05, 3.63) is 101 Å². The van der Waals surface area contributed by atoms with Crippen molar-refractivity contribution in [3.63, 3.8) is 0 Å². The van der Waals surface area contributed by atoms with Crippen LogP contribution in [-0.2, 0) is 18.4 Å². The van der Waals surface area contributed by atoms with Crippen LogP contribution in [0.1, 0.15) is 49.1 Å². The van der Waals surface area contributed by atoms with E-state index >= 15 is 0 Å². The van der Waals surface area contributed by atoms with E-state index in [1.807, 2.05) is 30.5 Å². The molecule has 1 aromatic heterocycles. The Hall–Kier alpha value is -2.59. The van der Waals surface area contributed by atoms with Crippen LogP contribution in [0.3, 0.4) is 0 Å². The van der Waals surface area contributed by atoms with E-state index in [0.717, 1.165) is 60.8 Å². The van der Waals surface area contributed by atoms with E-state index in [1.54, 1.807) is 18.3 Å². The van der Waals surface area contributed by atoms with Crippen LogP contribution in [0, 0.1) is 5.82 Å². The smallest absolute Gasteiger partial charge is 0.125 e. The predicted molar refractivity (Wildman–Crippen MR) is 124 cm³/mol. The highest BCUT2D eigenvalue weighted by atomic mass is 35.5. The van der Waals surface area contributed by atoms with Crippen molar-refractivity contribution in [1.82, 2.24) is 14.9 Å². The van der Waals surface area contributed by atoms with Gasteiger partial charge in [-0.15, -0.1) is 0 Å². The van der Waals surface area contributed by atoms with Gasteiger partial charge >= 0.3 is 0 Å². The molecule has 1 saturated carbocycles. The summed E-state index contributed by atoms with van der Waals surface area (Å²) in [4.78, 5) is 10.0. The average Bonchev–Trinajstić information content (AvgIpc) is 3.31. The number of benzene rings is 2. The highest BCUT2D eigenvalue weighted by Gasteiger charge is 2.39. The molecule has 1 fully saturated rings. The van der Waals surface area contributed by atoms with Gasteiger partial charge < -0.3 is 9.88 Å². The quantitative estimate of drug-likeness (QED) is 0.427. The standard InChI is InChI=1S/C26H29ClFN3/c1-20(26(14-3-2-4-15-26)22-7-11-24(28)12-8-22)31(19-25-29-16-17-30-25)18-13-21-5-9-23(27)10-6-21/h5-12,16-17H,1-4,13-15,18-19H2,(H,29,30). The normalized spacial score (nSPS) is 15.5. The first-order valence-electron chi connectivity index (χ1n) is 11.0. The fourth-order valence-electron chi connectivity index (χ4n) is 4.76. The molecule has 5 heteroatoms. The number of nitrogens with zero attached hydrogens (tertiary/aromatic N) is 2. The maximum atomic E-state index is 13.7. The van der Waals surface area contributed by atoms with Crippen molar-refractivity contribution in [2.75, 3.05) is 6.54 Å². The van der Waals surface area contributed by atoms with E-state index < -0.39 is 0 Å². The summed E-state index contributed by atoms with van der Waals surface area (Å²) in [6.45, 7) is 6.12. The second kappa shape index (κ2) is 9.69. The van der Waals surface area contributed by atoms with Gasteiger partial charge in [0, 0.05) is 35.1 Å². The van der Waals surface area contributed by atoms with Gasteiger partial charge in [0.1, 0.15) is 11.6 Å². The molecule has 0 radical (unpaired) electrons. The predicted octanol–water partition coefficient (Wildman–Crippen LogP) is 6.66. The number of halogens is 2. The maximum absolute atomic E-state index is 13.7. The second-order valence-electron chi connectivity index (χ2n) is 8.43. The molecule has 1 aliphatic carbocycles. The first kappa shape index (κ1) is 21.6. The lowest BCUT2D eigenvalue weighted by Gasteiger charge is -2.44. The minimum Gasteiger partial charge on any atom is -0.367 e. The molecule has 3 nitrogen and oxygen atoms in total. The summed E-state index contributed by atoms with van der Waals surface area (Å²) in [7, 11) is 0. The van der Waals surface area contributed by atoms with Crippen molar-refractivity contribution in [3.8, 4) is 0 Å². The molecule has 3 aromatic rings. The Morgan fingerprint density at radius 3 is 2.42 bits per heavy atom. The summed E-state index contributed by atoms with van der Waals surface area (Å²) in [6.07, 6.45) is 10.1. The van der Waals surface area contributed by atoms with Gasteiger partial charge in [-0.3, -0.25) is 0 Å². The average molecular weight is 438 g/mol. The van der Waals surface area contributed by atoms with Crippen LogP contribution in [0.25, 0.3) is 0 Å². The van der Waals surface area contributed by atoms with E-state index in [1.165, 1.54) is 12.0 Å². The Morgan fingerprint density at radius 2 is 1.77 bits per heavy atom. The van der Waals surface area contributed by atoms with Crippen molar-refractivity contribution in [2.45, 2.75) is 50.5 Å². The number of aromatic nitrogens is 2. The van der Waals surface area contributed by atoms with Gasteiger partial charge in [0.15, 0.2) is 0 Å². The fraction of sp³-hybridized carbons (Fsp3) is 0.346. The highest BCUT2D eigenvalue weighted by molar-refractivity contribution is 6.30. The summed E-state index contributed by atoms with van der Waals surface area (Å²) in [5.41, 5.74) is 3.33. The molecule has 1 aliphatic rings. The van der Waals surface area contributed by atoms with Crippen LogP contribution in [0.2, 0.25) is 5.02 Å². The largest absolute Gasteiger partial charge is 0.367 e. The van der Waals surface area contributed by atoms with Gasteiger partial charge in [-0.1, -0.05) is 61.7 Å². The van der Waals surface area contributed by atoms with Crippen molar-refractivity contribution in [2.24, 2.45) is 0 Å². The molecule has 0 spiro atoms. The first-order chi connectivity index (χ1) is 15.1. The van der Waals surface area contributed by atoms with Gasteiger partial charge in [0.05, 0.1) is 6.54 Å². The minimum atomic E-state index is -0.199. The number of allylic oxidation sites excluding steroid dienone is 1. The van der Waals surface area contributed by atoms with Crippen molar-refractivity contribution >= 4 is 11.6 Å². The molecule has 0 amide bonds. The third-order valence-electron chi connectivity index (χ3n) is 6.52. The van der Waals surface area contributed by atoms with Crippen molar-refractivity contribution < 1.29 is 4.39 Å². The van der Waals surface area contributed by atoms with E-state index in [-0.39, 0.29) is 11.2 Å². The molecule has 0 unspecified atom stereocenters. The molecule has 31 heavy (non-hydrogen) atoms. The van der Waals surface area contributed by atoms with Gasteiger partial charge in [0.2, 0.25) is 0 Å². The lowest BCUT2D eigenvalue weighted by molar-refractivity contribution is 0.228. The lowest BCUT2D eigenvalue weighted by atomic mass is 9.67. The molecule has 1 heterocycles. The number of rotatable bonds is 8. The minimum absolute atomic E-state index is 0.168. The number of hydrogen-bond donors (Lipinski definition) is 1. The van der Waals surface area contributed by atoms with Gasteiger partial charge in [-0.25, -0.2) is 9.37 Å². The summed E-state index contributed by atoms with van der Waals surface area (Å²) < 4.78 is 13.7. The molecule has 0 bridgehead atoms. The molecular weight excluding hydrogens is 409 g/mol. The zero-order valence-corrected chi connectivity index (χ0v) is 18.5. The fourth-order valence-corrected chi connectivity index (χ4v) is 4.89. The Balaban J connectivity index is 1.62. The topological polar surface area (TPSA) is 31.9 Å². The molecule has 0 aliphatic heterocycles. The summed E-state index contributed by atoms with van der Waals surface area (Å²) >= 11 is 6.05. The Labute approximate surface area is 189 Å². The number of nitrogens with one attached hydrogen (secondary N) is 1. The number of hydrogen-bond acceptors (Lipinski definition) is 2. The van der Waals surface area contributed by atoms with Crippen LogP contribution in [-0.4, -0.2) is 21.4 Å². The summed E-state index contributed by atoms with van der Waals surface area (Å²) in [5.74, 6) is 0.720. The molecule has 4 rings (SSSR count). The number of aromatic amines is 1. The van der Waals surface area contributed by atoms with Crippen LogP contribution < -0.4 is 0 Å². The molecule has 162 valence electrons. The van der Waals surface area contributed by atoms with Gasteiger partial charge in [-0.05, 0) is 54.7 Å². The van der Waals surface area contributed by atoms with Crippen LogP contribution >= 0.6 is 11.6 Å². The van der Waals surface area contributed by atoms with Crippen LogP contribution in [0.15, 0.2) is 73.2 Å². The molecule has 0 atom stereocenters. The maximum Gasteiger partial charge on any atom is 0.125 e. The number of H-pyrrole nitrogens is 1. The molecule has 0 saturated heterocycles. The zero-order valence-electron chi connectivity index (χ0n) is 17.8. The molecule has 2 aromatic carbocycles. The summed E-state index contributed by atoms with van der Waals surface area (Å²) in [6, 6.07) is 15.0. The van der Waals surface area contributed by atoms with E-state index in [4.69, 9.17) is 11.6 Å². The number of imidazole rings is 1. The van der Waals surface area contributed by atoms with Crippen molar-refractivity contribution in [1.29, 1.82) is 0 Å². The van der Waals surface area contributed by atoms with Gasteiger partial charge in [-0.2, -0.15) is 0 Å². The monoisotopic (exact) mass is 437 g/mol. The Kier molecular flexibility index (Phi) is 6.77. The third-order valence-corrected chi connectivity index (χ3v) is 6.77. The van der Waals surface area contributed by atoms with Gasteiger partial charge in [0.25, 0.3) is 0 Å². The van der Waals surface area contributed by atoms with E-state index in [0.29, 0.717) is 6.54 Å².